The summed E-state index contributed by atoms with van der Waals surface area (Å²) >= 11 is 1.43. The number of carbonyl (C=O) groups is 2. The van der Waals surface area contributed by atoms with E-state index in [1.54, 1.807) is 17.0 Å². The van der Waals surface area contributed by atoms with E-state index in [2.05, 4.69) is 5.32 Å². The summed E-state index contributed by atoms with van der Waals surface area (Å²) in [7, 11) is 0. The standard InChI is InChI=1S/C24H23FN2O3S/c25-19-7-11-21(12-8-19)30-20-9-5-17(6-10-20)15-26-23(28)18-3-1-13-27(16-18)24(29)22-4-2-14-31-22/h2,4-12,14,18H,1,3,13,15-16H2,(H,26,28). The zero-order chi connectivity index (χ0) is 21.6. The molecule has 7 heteroatoms. The largest absolute Gasteiger partial charge is 0.457 e. The average Bonchev–Trinajstić information content (AvgIpc) is 3.34. The Kier molecular flexibility index (Phi) is 6.62. The molecule has 1 fully saturated rings. The van der Waals surface area contributed by atoms with Crippen molar-refractivity contribution < 1.29 is 18.7 Å². The molecule has 2 heterocycles. The van der Waals surface area contributed by atoms with Gasteiger partial charge >= 0.3 is 0 Å². The highest BCUT2D eigenvalue weighted by Crippen LogP contribution is 2.23. The molecular weight excluding hydrogens is 415 g/mol. The number of halogens is 1. The highest BCUT2D eigenvalue weighted by molar-refractivity contribution is 7.12. The number of hydrogen-bond acceptors (Lipinski definition) is 4. The number of nitrogens with zero attached hydrogens (tertiary/aromatic N) is 1. The van der Waals surface area contributed by atoms with Gasteiger partial charge in [-0.3, -0.25) is 9.59 Å². The fraction of sp³-hybridized carbons (Fsp3) is 0.250. The third kappa shape index (κ3) is 5.49. The van der Waals surface area contributed by atoms with Gasteiger partial charge in [0.05, 0.1) is 10.8 Å². The van der Waals surface area contributed by atoms with Crippen LogP contribution < -0.4 is 10.1 Å². The molecule has 1 saturated heterocycles. The van der Waals surface area contributed by atoms with Crippen molar-refractivity contribution in [1.82, 2.24) is 10.2 Å². The Bertz CT molecular complexity index is 1020. The van der Waals surface area contributed by atoms with E-state index in [1.807, 2.05) is 41.8 Å². The smallest absolute Gasteiger partial charge is 0.263 e. The number of likely N-dealkylation sites (tertiary alicyclic amines) is 1. The second kappa shape index (κ2) is 9.75. The first-order chi connectivity index (χ1) is 15.1. The lowest BCUT2D eigenvalue weighted by molar-refractivity contribution is -0.126. The number of carbonyl (C=O) groups excluding carboxylic acids is 2. The predicted octanol–water partition coefficient (Wildman–Crippen LogP) is 4.85. The summed E-state index contributed by atoms with van der Waals surface area (Å²) in [4.78, 5) is 27.7. The molecule has 0 bridgehead atoms. The van der Waals surface area contributed by atoms with E-state index >= 15 is 0 Å². The maximum Gasteiger partial charge on any atom is 0.263 e. The minimum Gasteiger partial charge on any atom is -0.457 e. The van der Waals surface area contributed by atoms with Gasteiger partial charge in [-0.2, -0.15) is 0 Å². The monoisotopic (exact) mass is 438 g/mol. The second-order valence-electron chi connectivity index (χ2n) is 7.49. The highest BCUT2D eigenvalue weighted by atomic mass is 32.1. The van der Waals surface area contributed by atoms with E-state index in [1.165, 1.54) is 23.5 Å². The van der Waals surface area contributed by atoms with Gasteiger partial charge in [-0.05, 0) is 66.2 Å². The summed E-state index contributed by atoms with van der Waals surface area (Å²) in [5.74, 6) is 0.659. The topological polar surface area (TPSA) is 58.6 Å². The first kappa shape index (κ1) is 21.1. The summed E-state index contributed by atoms with van der Waals surface area (Å²) in [6, 6.07) is 16.9. The maximum absolute atomic E-state index is 13.0. The molecule has 31 heavy (non-hydrogen) atoms. The Morgan fingerprint density at radius 2 is 1.77 bits per heavy atom. The fourth-order valence-corrected chi connectivity index (χ4v) is 4.27. The number of benzene rings is 2. The van der Waals surface area contributed by atoms with Crippen LogP contribution >= 0.6 is 11.3 Å². The van der Waals surface area contributed by atoms with Crippen molar-refractivity contribution in [3.05, 3.63) is 82.3 Å². The molecule has 2 amide bonds. The van der Waals surface area contributed by atoms with Crippen LogP contribution in [0.25, 0.3) is 0 Å². The molecule has 3 aromatic rings. The molecule has 0 spiro atoms. The Labute approximate surface area is 184 Å². The molecule has 1 atom stereocenters. The van der Waals surface area contributed by atoms with Gasteiger partial charge in [0.1, 0.15) is 17.3 Å². The Morgan fingerprint density at radius 1 is 1.06 bits per heavy atom. The molecular formula is C24H23FN2O3S. The van der Waals surface area contributed by atoms with Crippen molar-refractivity contribution in [1.29, 1.82) is 0 Å². The summed E-state index contributed by atoms with van der Waals surface area (Å²) in [6.45, 7) is 1.55. The number of ether oxygens (including phenoxy) is 1. The van der Waals surface area contributed by atoms with Crippen molar-refractivity contribution in [2.45, 2.75) is 19.4 Å². The van der Waals surface area contributed by atoms with Gasteiger partial charge in [0, 0.05) is 19.6 Å². The first-order valence-corrected chi connectivity index (χ1v) is 11.1. The second-order valence-corrected chi connectivity index (χ2v) is 8.43. The number of thiophene rings is 1. The molecule has 0 radical (unpaired) electrons. The normalized spacial score (nSPS) is 16.0. The zero-order valence-electron chi connectivity index (χ0n) is 16.9. The van der Waals surface area contributed by atoms with Crippen molar-refractivity contribution in [3.8, 4) is 11.5 Å². The zero-order valence-corrected chi connectivity index (χ0v) is 17.7. The first-order valence-electron chi connectivity index (χ1n) is 10.2. The van der Waals surface area contributed by atoms with Crippen molar-refractivity contribution in [3.63, 3.8) is 0 Å². The third-order valence-corrected chi connectivity index (χ3v) is 6.11. The van der Waals surface area contributed by atoms with Crippen LogP contribution in [-0.2, 0) is 11.3 Å². The number of rotatable bonds is 6. The van der Waals surface area contributed by atoms with Crippen LogP contribution in [0.2, 0.25) is 0 Å². The van der Waals surface area contributed by atoms with Crippen LogP contribution in [0.5, 0.6) is 11.5 Å². The van der Waals surface area contributed by atoms with E-state index in [0.29, 0.717) is 36.0 Å². The lowest BCUT2D eigenvalue weighted by Gasteiger charge is -2.31. The van der Waals surface area contributed by atoms with Crippen LogP contribution in [0.1, 0.15) is 28.1 Å². The van der Waals surface area contributed by atoms with Crippen LogP contribution in [0.4, 0.5) is 4.39 Å². The molecule has 4 rings (SSSR count). The third-order valence-electron chi connectivity index (χ3n) is 5.25. The van der Waals surface area contributed by atoms with Gasteiger partial charge in [-0.15, -0.1) is 11.3 Å². The molecule has 1 aromatic heterocycles. The molecule has 1 aliphatic heterocycles. The fourth-order valence-electron chi connectivity index (χ4n) is 3.58. The van der Waals surface area contributed by atoms with Crippen LogP contribution in [0, 0.1) is 11.7 Å². The van der Waals surface area contributed by atoms with Gasteiger partial charge in [-0.25, -0.2) is 4.39 Å². The van der Waals surface area contributed by atoms with E-state index in [9.17, 15) is 14.0 Å². The van der Waals surface area contributed by atoms with Crippen LogP contribution in [0.15, 0.2) is 66.0 Å². The molecule has 1 aliphatic rings. The number of amides is 2. The molecule has 0 aliphatic carbocycles. The lowest BCUT2D eigenvalue weighted by Crippen LogP contribution is -2.45. The Balaban J connectivity index is 1.28. The van der Waals surface area contributed by atoms with E-state index in [4.69, 9.17) is 4.74 Å². The van der Waals surface area contributed by atoms with Gasteiger partial charge in [0.15, 0.2) is 0 Å². The van der Waals surface area contributed by atoms with E-state index in [0.717, 1.165) is 18.4 Å². The van der Waals surface area contributed by atoms with Crippen molar-refractivity contribution in [2.75, 3.05) is 13.1 Å². The van der Waals surface area contributed by atoms with Crippen LogP contribution in [0.3, 0.4) is 0 Å². The molecule has 2 aromatic carbocycles. The van der Waals surface area contributed by atoms with Gasteiger partial charge in [-0.1, -0.05) is 18.2 Å². The molecule has 5 nitrogen and oxygen atoms in total. The summed E-state index contributed by atoms with van der Waals surface area (Å²) in [6.07, 6.45) is 1.61. The summed E-state index contributed by atoms with van der Waals surface area (Å²) in [5.41, 5.74) is 0.946. The Hall–Kier alpha value is -3.19. The minimum atomic E-state index is -0.310. The predicted molar refractivity (Wildman–Crippen MR) is 118 cm³/mol. The van der Waals surface area contributed by atoms with Crippen molar-refractivity contribution >= 4 is 23.2 Å². The van der Waals surface area contributed by atoms with E-state index < -0.39 is 0 Å². The highest BCUT2D eigenvalue weighted by Gasteiger charge is 2.29. The van der Waals surface area contributed by atoms with Crippen molar-refractivity contribution in [2.24, 2.45) is 5.92 Å². The van der Waals surface area contributed by atoms with Gasteiger partial charge < -0.3 is 15.0 Å². The van der Waals surface area contributed by atoms with E-state index in [-0.39, 0.29) is 23.5 Å². The molecule has 1 N–H and O–H groups in total. The number of piperidine rings is 1. The summed E-state index contributed by atoms with van der Waals surface area (Å²) < 4.78 is 18.7. The average molecular weight is 439 g/mol. The maximum atomic E-state index is 13.0. The number of nitrogens with one attached hydrogen (secondary N) is 1. The summed E-state index contributed by atoms with van der Waals surface area (Å²) in [5, 5.41) is 4.87. The molecule has 0 saturated carbocycles. The number of hydrogen-bond donors (Lipinski definition) is 1. The van der Waals surface area contributed by atoms with Gasteiger partial charge in [0.2, 0.25) is 5.91 Å². The van der Waals surface area contributed by atoms with Gasteiger partial charge in [0.25, 0.3) is 5.91 Å². The van der Waals surface area contributed by atoms with Crippen LogP contribution in [-0.4, -0.2) is 29.8 Å². The Morgan fingerprint density at radius 3 is 2.45 bits per heavy atom. The molecule has 160 valence electrons. The molecule has 1 unspecified atom stereocenters. The lowest BCUT2D eigenvalue weighted by atomic mass is 9.97. The minimum absolute atomic E-state index is 0.00393. The SMILES string of the molecule is O=C(NCc1ccc(Oc2ccc(F)cc2)cc1)C1CCCN(C(=O)c2cccs2)C1. The quantitative estimate of drug-likeness (QED) is 0.599.